The summed E-state index contributed by atoms with van der Waals surface area (Å²) in [5.74, 6) is 1.57. The molecule has 0 saturated heterocycles. The van der Waals surface area contributed by atoms with Crippen molar-refractivity contribution in [1.82, 2.24) is 4.98 Å². The second-order valence-corrected chi connectivity index (χ2v) is 6.48. The van der Waals surface area contributed by atoms with Crippen LogP contribution in [-0.4, -0.2) is 12.1 Å². The summed E-state index contributed by atoms with van der Waals surface area (Å²) in [4.78, 5) is 4.57. The number of thiazole rings is 1. The van der Waals surface area contributed by atoms with Gasteiger partial charge in [-0.1, -0.05) is 29.3 Å². The highest BCUT2D eigenvalue weighted by atomic mass is 35.5. The van der Waals surface area contributed by atoms with Crippen molar-refractivity contribution in [3.05, 3.63) is 62.9 Å². The van der Waals surface area contributed by atoms with Crippen LogP contribution in [0.2, 0.25) is 10.0 Å². The predicted molar refractivity (Wildman–Crippen MR) is 94.9 cm³/mol. The fraction of sp³-hybridized carbons (Fsp3) is 0.118. The Hall–Kier alpha value is -1.75. The average Bonchev–Trinajstić information content (AvgIpc) is 3.05. The van der Waals surface area contributed by atoms with Gasteiger partial charge in [-0.2, -0.15) is 0 Å². The first-order valence-corrected chi connectivity index (χ1v) is 8.46. The Morgan fingerprint density at radius 3 is 2.43 bits per heavy atom. The van der Waals surface area contributed by atoms with Gasteiger partial charge in [-0.15, -0.1) is 11.3 Å². The van der Waals surface area contributed by atoms with E-state index in [1.807, 2.05) is 41.8 Å². The smallest absolute Gasteiger partial charge is 0.140 e. The molecule has 0 aliphatic rings. The first-order chi connectivity index (χ1) is 11.2. The van der Waals surface area contributed by atoms with E-state index < -0.39 is 0 Å². The molecular formula is C17H13Cl2NO2S. The molecule has 3 rings (SSSR count). The topological polar surface area (TPSA) is 31.4 Å². The Labute approximate surface area is 148 Å². The fourth-order valence-electron chi connectivity index (χ4n) is 1.98. The standard InChI is InChI=1S/C17H13Cl2NO2S/c1-21-12-3-5-13(6-4-12)22-9-17-20-16(10-23-17)11-2-7-14(18)15(19)8-11/h2-8,10H,9H2,1H3. The van der Waals surface area contributed by atoms with Crippen LogP contribution in [-0.2, 0) is 6.61 Å². The van der Waals surface area contributed by atoms with Crippen LogP contribution in [0.15, 0.2) is 47.8 Å². The van der Waals surface area contributed by atoms with E-state index in [4.69, 9.17) is 32.7 Å². The molecule has 0 fully saturated rings. The molecule has 0 spiro atoms. The van der Waals surface area contributed by atoms with E-state index in [0.717, 1.165) is 27.8 Å². The second-order valence-electron chi connectivity index (χ2n) is 4.72. The number of hydrogen-bond donors (Lipinski definition) is 0. The summed E-state index contributed by atoms with van der Waals surface area (Å²) in [6.07, 6.45) is 0. The van der Waals surface area contributed by atoms with Gasteiger partial charge in [-0.25, -0.2) is 4.98 Å². The van der Waals surface area contributed by atoms with E-state index >= 15 is 0 Å². The van der Waals surface area contributed by atoms with Gasteiger partial charge >= 0.3 is 0 Å². The lowest BCUT2D eigenvalue weighted by atomic mass is 10.2. The van der Waals surface area contributed by atoms with Gasteiger partial charge in [0.15, 0.2) is 0 Å². The molecule has 0 bridgehead atoms. The summed E-state index contributed by atoms with van der Waals surface area (Å²) < 4.78 is 10.8. The van der Waals surface area contributed by atoms with Crippen molar-refractivity contribution in [2.75, 3.05) is 7.11 Å². The molecule has 0 aliphatic heterocycles. The summed E-state index contributed by atoms with van der Waals surface area (Å²) >= 11 is 13.5. The molecule has 0 saturated carbocycles. The first kappa shape index (κ1) is 16.1. The Bertz CT molecular complexity index is 803. The molecule has 118 valence electrons. The minimum atomic E-state index is 0.415. The highest BCUT2D eigenvalue weighted by molar-refractivity contribution is 7.09. The normalized spacial score (nSPS) is 10.6. The first-order valence-electron chi connectivity index (χ1n) is 6.82. The number of rotatable bonds is 5. The van der Waals surface area contributed by atoms with Gasteiger partial charge in [-0.3, -0.25) is 0 Å². The van der Waals surface area contributed by atoms with Gasteiger partial charge in [0.05, 0.1) is 22.8 Å². The number of aromatic nitrogens is 1. The highest BCUT2D eigenvalue weighted by Crippen LogP contribution is 2.29. The third-order valence-corrected chi connectivity index (χ3v) is 4.75. The van der Waals surface area contributed by atoms with Crippen LogP contribution < -0.4 is 9.47 Å². The van der Waals surface area contributed by atoms with E-state index in [2.05, 4.69) is 4.98 Å². The van der Waals surface area contributed by atoms with Crippen molar-refractivity contribution in [3.63, 3.8) is 0 Å². The van der Waals surface area contributed by atoms with Gasteiger partial charge in [0.25, 0.3) is 0 Å². The zero-order valence-corrected chi connectivity index (χ0v) is 14.6. The average molecular weight is 366 g/mol. The number of ether oxygens (including phenoxy) is 2. The zero-order chi connectivity index (χ0) is 16.2. The molecule has 3 aromatic rings. The summed E-state index contributed by atoms with van der Waals surface area (Å²) in [5.41, 5.74) is 1.80. The molecule has 0 N–H and O–H groups in total. The molecular weight excluding hydrogens is 353 g/mol. The number of halogens is 2. The number of hydrogen-bond acceptors (Lipinski definition) is 4. The molecule has 0 aliphatic carbocycles. The van der Waals surface area contributed by atoms with Gasteiger partial charge in [0.1, 0.15) is 23.1 Å². The quantitative estimate of drug-likeness (QED) is 0.580. The third kappa shape index (κ3) is 3.96. The van der Waals surface area contributed by atoms with Crippen molar-refractivity contribution in [3.8, 4) is 22.8 Å². The fourth-order valence-corrected chi connectivity index (χ4v) is 2.99. The van der Waals surface area contributed by atoms with E-state index in [9.17, 15) is 0 Å². The molecule has 1 aromatic heterocycles. The molecule has 0 amide bonds. The maximum atomic E-state index is 6.05. The monoisotopic (exact) mass is 365 g/mol. The Kier molecular flexibility index (Phi) is 5.06. The van der Waals surface area contributed by atoms with Crippen LogP contribution in [0.1, 0.15) is 5.01 Å². The number of nitrogens with zero attached hydrogens (tertiary/aromatic N) is 1. The van der Waals surface area contributed by atoms with Crippen molar-refractivity contribution in [2.24, 2.45) is 0 Å². The van der Waals surface area contributed by atoms with Crippen LogP contribution in [0.4, 0.5) is 0 Å². The lowest BCUT2D eigenvalue weighted by Gasteiger charge is -2.05. The zero-order valence-electron chi connectivity index (χ0n) is 12.3. The maximum absolute atomic E-state index is 6.05. The van der Waals surface area contributed by atoms with Gasteiger partial charge in [-0.05, 0) is 36.4 Å². The third-order valence-electron chi connectivity index (χ3n) is 3.19. The SMILES string of the molecule is COc1ccc(OCc2nc(-c3ccc(Cl)c(Cl)c3)cs2)cc1. The Balaban J connectivity index is 1.67. The minimum absolute atomic E-state index is 0.415. The van der Waals surface area contributed by atoms with Gasteiger partial charge < -0.3 is 9.47 Å². The summed E-state index contributed by atoms with van der Waals surface area (Å²) in [5, 5.41) is 3.93. The van der Waals surface area contributed by atoms with E-state index in [-0.39, 0.29) is 0 Å². The van der Waals surface area contributed by atoms with Crippen molar-refractivity contribution >= 4 is 34.5 Å². The number of methoxy groups -OCH3 is 1. The Morgan fingerprint density at radius 1 is 1.00 bits per heavy atom. The van der Waals surface area contributed by atoms with Crippen LogP contribution in [0.3, 0.4) is 0 Å². The van der Waals surface area contributed by atoms with E-state index in [1.54, 1.807) is 24.5 Å². The molecule has 2 aromatic carbocycles. The van der Waals surface area contributed by atoms with Crippen molar-refractivity contribution in [2.45, 2.75) is 6.61 Å². The van der Waals surface area contributed by atoms with Crippen molar-refractivity contribution in [1.29, 1.82) is 0 Å². The molecule has 3 nitrogen and oxygen atoms in total. The summed E-state index contributed by atoms with van der Waals surface area (Å²) in [6, 6.07) is 12.9. The van der Waals surface area contributed by atoms with Crippen LogP contribution in [0.5, 0.6) is 11.5 Å². The van der Waals surface area contributed by atoms with Crippen LogP contribution >= 0.6 is 34.5 Å². The van der Waals surface area contributed by atoms with E-state index in [1.165, 1.54) is 0 Å². The van der Waals surface area contributed by atoms with Gasteiger partial charge in [0, 0.05) is 10.9 Å². The summed E-state index contributed by atoms with van der Waals surface area (Å²) in [7, 11) is 1.63. The van der Waals surface area contributed by atoms with E-state index in [0.29, 0.717) is 16.7 Å². The Morgan fingerprint density at radius 2 is 1.74 bits per heavy atom. The predicted octanol–water partition coefficient (Wildman–Crippen LogP) is 5.70. The molecule has 1 heterocycles. The lowest BCUT2D eigenvalue weighted by molar-refractivity contribution is 0.305. The van der Waals surface area contributed by atoms with Crippen LogP contribution in [0, 0.1) is 0 Å². The molecule has 0 unspecified atom stereocenters. The number of benzene rings is 2. The second kappa shape index (κ2) is 7.21. The lowest BCUT2D eigenvalue weighted by Crippen LogP contribution is -1.95. The molecule has 23 heavy (non-hydrogen) atoms. The van der Waals surface area contributed by atoms with Crippen molar-refractivity contribution < 1.29 is 9.47 Å². The molecule has 0 radical (unpaired) electrons. The van der Waals surface area contributed by atoms with Crippen LogP contribution in [0.25, 0.3) is 11.3 Å². The minimum Gasteiger partial charge on any atom is -0.497 e. The van der Waals surface area contributed by atoms with Gasteiger partial charge in [0.2, 0.25) is 0 Å². The summed E-state index contributed by atoms with van der Waals surface area (Å²) in [6.45, 7) is 0.415. The maximum Gasteiger partial charge on any atom is 0.140 e. The largest absolute Gasteiger partial charge is 0.497 e. The molecule has 0 atom stereocenters. The molecule has 6 heteroatoms. The highest BCUT2D eigenvalue weighted by Gasteiger charge is 2.07.